The summed E-state index contributed by atoms with van der Waals surface area (Å²) in [6, 6.07) is 10.2. The Morgan fingerprint density at radius 3 is 2.59 bits per heavy atom. The fourth-order valence-corrected chi connectivity index (χ4v) is 4.70. The van der Waals surface area contributed by atoms with E-state index in [9.17, 15) is 8.42 Å². The molecular weight excluding hydrogens is 298 g/mol. The first-order valence-corrected chi connectivity index (χ1v) is 8.89. The third kappa shape index (κ3) is 2.68. The smallest absolute Gasteiger partial charge is 0.262 e. The Hall–Kier alpha value is -1.66. The molecule has 22 heavy (non-hydrogen) atoms. The minimum atomic E-state index is -3.52. The number of benzene rings is 1. The van der Waals surface area contributed by atoms with Crippen molar-refractivity contribution in [2.45, 2.75) is 30.2 Å². The van der Waals surface area contributed by atoms with Crippen LogP contribution in [0.4, 0.5) is 0 Å². The van der Waals surface area contributed by atoms with Crippen LogP contribution in [0.3, 0.4) is 0 Å². The molecule has 0 amide bonds. The van der Waals surface area contributed by atoms with Crippen molar-refractivity contribution in [2.24, 2.45) is 7.05 Å². The van der Waals surface area contributed by atoms with Gasteiger partial charge in [-0.1, -0.05) is 37.3 Å². The van der Waals surface area contributed by atoms with Gasteiger partial charge >= 0.3 is 0 Å². The molecule has 0 saturated carbocycles. The number of hydrogen-bond acceptors (Lipinski definition) is 3. The highest BCUT2D eigenvalue weighted by Crippen LogP contribution is 2.35. The molecule has 5 nitrogen and oxygen atoms in total. The van der Waals surface area contributed by atoms with E-state index in [4.69, 9.17) is 0 Å². The maximum absolute atomic E-state index is 12.8. The average Bonchev–Trinajstić information content (AvgIpc) is 2.96. The Morgan fingerprint density at radius 2 is 1.95 bits per heavy atom. The molecule has 0 spiro atoms. The summed E-state index contributed by atoms with van der Waals surface area (Å²) in [4.78, 5) is 4.02. The van der Waals surface area contributed by atoms with Gasteiger partial charge in [-0.25, -0.2) is 13.4 Å². The van der Waals surface area contributed by atoms with Gasteiger partial charge in [-0.05, 0) is 18.4 Å². The molecular formula is C16H21N3O2S. The predicted octanol–water partition coefficient (Wildman–Crippen LogP) is 2.16. The third-order valence-corrected chi connectivity index (χ3v) is 6.15. The fourth-order valence-electron chi connectivity index (χ4n) is 3.13. The molecule has 118 valence electrons. The summed E-state index contributed by atoms with van der Waals surface area (Å²) in [5, 5.41) is 0.132. The first-order valence-electron chi connectivity index (χ1n) is 7.45. The summed E-state index contributed by atoms with van der Waals surface area (Å²) in [6.07, 6.45) is 4.93. The van der Waals surface area contributed by atoms with Crippen LogP contribution in [0, 0.1) is 0 Å². The van der Waals surface area contributed by atoms with E-state index in [1.54, 1.807) is 22.1 Å². The van der Waals surface area contributed by atoms with E-state index in [2.05, 4.69) is 24.0 Å². The van der Waals surface area contributed by atoms with Crippen molar-refractivity contribution in [1.29, 1.82) is 0 Å². The molecule has 1 atom stereocenters. The van der Waals surface area contributed by atoms with E-state index >= 15 is 0 Å². The van der Waals surface area contributed by atoms with Crippen molar-refractivity contribution >= 4 is 10.0 Å². The van der Waals surface area contributed by atoms with Crippen molar-refractivity contribution in [3.05, 3.63) is 48.4 Å². The molecule has 2 aromatic rings. The molecule has 1 aliphatic rings. The standard InChI is InChI=1S/C16H21N3O2S/c1-16(14-7-4-3-5-8-14)9-6-10-19(12-16)22(20,21)15-11-18(2)13-17-15/h3-5,7-8,11,13H,6,9-10,12H2,1-2H3/t16-/m0/s1. The number of hydrogen-bond donors (Lipinski definition) is 0. The van der Waals surface area contributed by atoms with Gasteiger partial charge in [-0.15, -0.1) is 0 Å². The monoisotopic (exact) mass is 319 g/mol. The Morgan fingerprint density at radius 1 is 1.23 bits per heavy atom. The molecule has 0 unspecified atom stereocenters. The van der Waals surface area contributed by atoms with Crippen molar-refractivity contribution in [2.75, 3.05) is 13.1 Å². The van der Waals surface area contributed by atoms with Gasteiger partial charge < -0.3 is 4.57 Å². The lowest BCUT2D eigenvalue weighted by Gasteiger charge is -2.39. The predicted molar refractivity (Wildman–Crippen MR) is 85.0 cm³/mol. The Labute approximate surface area is 131 Å². The van der Waals surface area contributed by atoms with Crippen LogP contribution in [0.2, 0.25) is 0 Å². The van der Waals surface area contributed by atoms with Crippen molar-refractivity contribution in [1.82, 2.24) is 13.9 Å². The first-order chi connectivity index (χ1) is 10.4. The second-order valence-corrected chi connectivity index (χ2v) is 8.13. The van der Waals surface area contributed by atoms with E-state index in [0.29, 0.717) is 13.1 Å². The van der Waals surface area contributed by atoms with Crippen LogP contribution in [0.15, 0.2) is 47.9 Å². The third-order valence-electron chi connectivity index (χ3n) is 4.42. The number of sulfonamides is 1. The summed E-state index contributed by atoms with van der Waals surface area (Å²) in [5.74, 6) is 0. The fraction of sp³-hybridized carbons (Fsp3) is 0.438. The Balaban J connectivity index is 1.90. The quantitative estimate of drug-likeness (QED) is 0.871. The molecule has 1 aliphatic heterocycles. The lowest BCUT2D eigenvalue weighted by molar-refractivity contribution is 0.240. The van der Waals surface area contributed by atoms with Crippen LogP contribution in [0.25, 0.3) is 0 Å². The van der Waals surface area contributed by atoms with Crippen LogP contribution in [0.5, 0.6) is 0 Å². The van der Waals surface area contributed by atoms with E-state index in [1.807, 2.05) is 18.2 Å². The molecule has 1 saturated heterocycles. The van der Waals surface area contributed by atoms with Gasteiger partial charge in [0.05, 0.1) is 6.33 Å². The van der Waals surface area contributed by atoms with Gasteiger partial charge in [0.15, 0.2) is 5.03 Å². The lowest BCUT2D eigenvalue weighted by Crippen LogP contribution is -2.47. The number of aryl methyl sites for hydroxylation is 1. The second kappa shape index (κ2) is 5.52. The van der Waals surface area contributed by atoms with Gasteiger partial charge in [-0.3, -0.25) is 0 Å². The molecule has 2 heterocycles. The highest BCUT2D eigenvalue weighted by atomic mass is 32.2. The number of imidazole rings is 1. The highest BCUT2D eigenvalue weighted by molar-refractivity contribution is 7.89. The minimum Gasteiger partial charge on any atom is -0.339 e. The minimum absolute atomic E-state index is 0.132. The van der Waals surface area contributed by atoms with Gasteiger partial charge in [0.2, 0.25) is 0 Å². The van der Waals surface area contributed by atoms with Crippen molar-refractivity contribution < 1.29 is 8.42 Å². The van der Waals surface area contributed by atoms with E-state index < -0.39 is 10.0 Å². The van der Waals surface area contributed by atoms with Crippen molar-refractivity contribution in [3.63, 3.8) is 0 Å². The SMILES string of the molecule is Cn1cnc(S(=O)(=O)N2CCC[C@](C)(c3ccccc3)C2)c1. The van der Waals surface area contributed by atoms with Crippen LogP contribution in [-0.4, -0.2) is 35.4 Å². The lowest BCUT2D eigenvalue weighted by atomic mass is 9.77. The molecule has 1 aromatic carbocycles. The van der Waals surface area contributed by atoms with Crippen LogP contribution < -0.4 is 0 Å². The summed E-state index contributed by atoms with van der Waals surface area (Å²) < 4.78 is 28.8. The Bertz CT molecular complexity index is 755. The summed E-state index contributed by atoms with van der Waals surface area (Å²) >= 11 is 0. The molecule has 0 N–H and O–H groups in total. The molecule has 3 rings (SSSR count). The van der Waals surface area contributed by atoms with Crippen LogP contribution in [0.1, 0.15) is 25.3 Å². The summed E-state index contributed by atoms with van der Waals surface area (Å²) in [7, 11) is -1.74. The zero-order valence-corrected chi connectivity index (χ0v) is 13.8. The molecule has 1 fully saturated rings. The largest absolute Gasteiger partial charge is 0.339 e. The average molecular weight is 319 g/mol. The van der Waals surface area contributed by atoms with Gasteiger partial charge in [-0.2, -0.15) is 4.31 Å². The van der Waals surface area contributed by atoms with E-state index in [0.717, 1.165) is 12.8 Å². The zero-order chi connectivity index (χ0) is 15.8. The normalized spacial score (nSPS) is 23.5. The summed E-state index contributed by atoms with van der Waals surface area (Å²) in [6.45, 7) is 3.19. The van der Waals surface area contributed by atoms with E-state index in [1.165, 1.54) is 11.9 Å². The zero-order valence-electron chi connectivity index (χ0n) is 12.9. The molecule has 0 bridgehead atoms. The molecule has 1 aromatic heterocycles. The Kier molecular flexibility index (Phi) is 3.82. The maximum atomic E-state index is 12.8. The van der Waals surface area contributed by atoms with E-state index in [-0.39, 0.29) is 10.4 Å². The maximum Gasteiger partial charge on any atom is 0.262 e. The van der Waals surface area contributed by atoms with Gasteiger partial charge in [0, 0.05) is 31.7 Å². The van der Waals surface area contributed by atoms with Gasteiger partial charge in [0.1, 0.15) is 0 Å². The number of nitrogens with zero attached hydrogens (tertiary/aromatic N) is 3. The first kappa shape index (κ1) is 15.2. The van der Waals surface area contributed by atoms with Crippen molar-refractivity contribution in [3.8, 4) is 0 Å². The molecule has 0 radical (unpaired) electrons. The molecule has 6 heteroatoms. The number of rotatable bonds is 3. The summed E-state index contributed by atoms with van der Waals surface area (Å²) in [5.41, 5.74) is 1.04. The van der Waals surface area contributed by atoms with Crippen LogP contribution in [-0.2, 0) is 22.5 Å². The number of piperidine rings is 1. The number of aromatic nitrogens is 2. The van der Waals surface area contributed by atoms with Gasteiger partial charge in [0.25, 0.3) is 10.0 Å². The topological polar surface area (TPSA) is 55.2 Å². The van der Waals surface area contributed by atoms with Crippen LogP contribution >= 0.6 is 0 Å². The second-order valence-electron chi connectivity index (χ2n) is 6.25. The molecule has 0 aliphatic carbocycles. The highest BCUT2D eigenvalue weighted by Gasteiger charge is 2.38.